The SMILES string of the molecule is CS/C(=C/C(=O)C(C)(C)C)Nc1ccccc1. The Labute approximate surface area is 107 Å². The van der Waals surface area contributed by atoms with Crippen molar-refractivity contribution in [1.29, 1.82) is 0 Å². The molecule has 1 aromatic carbocycles. The molecule has 0 aliphatic heterocycles. The van der Waals surface area contributed by atoms with E-state index >= 15 is 0 Å². The molecule has 0 fully saturated rings. The summed E-state index contributed by atoms with van der Waals surface area (Å²) < 4.78 is 0. The van der Waals surface area contributed by atoms with Crippen LogP contribution in [0.5, 0.6) is 0 Å². The molecule has 3 heteroatoms. The molecule has 1 rings (SSSR count). The first-order chi connectivity index (χ1) is 7.93. The number of carbonyl (C=O) groups is 1. The van der Waals surface area contributed by atoms with Crippen LogP contribution in [0.15, 0.2) is 41.4 Å². The van der Waals surface area contributed by atoms with E-state index in [9.17, 15) is 4.79 Å². The maximum absolute atomic E-state index is 11.9. The predicted molar refractivity (Wildman–Crippen MR) is 76.1 cm³/mol. The zero-order valence-corrected chi connectivity index (χ0v) is 11.6. The number of nitrogens with one attached hydrogen (secondary N) is 1. The van der Waals surface area contributed by atoms with Gasteiger partial charge in [0.15, 0.2) is 5.78 Å². The van der Waals surface area contributed by atoms with Crippen LogP contribution in [0.4, 0.5) is 5.69 Å². The number of thioether (sulfide) groups is 1. The summed E-state index contributed by atoms with van der Waals surface area (Å²) in [6, 6.07) is 9.85. The summed E-state index contributed by atoms with van der Waals surface area (Å²) in [7, 11) is 0. The molecule has 0 aromatic heterocycles. The Morgan fingerprint density at radius 1 is 1.24 bits per heavy atom. The van der Waals surface area contributed by atoms with E-state index in [4.69, 9.17) is 0 Å². The highest BCUT2D eigenvalue weighted by molar-refractivity contribution is 8.02. The largest absolute Gasteiger partial charge is 0.350 e. The lowest BCUT2D eigenvalue weighted by atomic mass is 9.91. The first kappa shape index (κ1) is 13.8. The summed E-state index contributed by atoms with van der Waals surface area (Å²) in [5.74, 6) is 0.130. The third-order valence-electron chi connectivity index (χ3n) is 2.26. The molecule has 92 valence electrons. The Bertz CT molecular complexity index is 404. The van der Waals surface area contributed by atoms with Crippen LogP contribution in [0.3, 0.4) is 0 Å². The molecule has 0 atom stereocenters. The summed E-state index contributed by atoms with van der Waals surface area (Å²) in [5, 5.41) is 4.11. The molecule has 0 unspecified atom stereocenters. The van der Waals surface area contributed by atoms with Gasteiger partial charge in [-0.1, -0.05) is 39.0 Å². The van der Waals surface area contributed by atoms with E-state index < -0.39 is 0 Å². The van der Waals surface area contributed by atoms with Crippen LogP contribution in [-0.4, -0.2) is 12.0 Å². The van der Waals surface area contributed by atoms with E-state index in [1.807, 2.05) is 57.4 Å². The number of para-hydroxylation sites is 1. The van der Waals surface area contributed by atoms with Gasteiger partial charge in [0.1, 0.15) is 0 Å². The molecule has 0 spiro atoms. The van der Waals surface area contributed by atoms with Crippen LogP contribution in [0.2, 0.25) is 0 Å². The van der Waals surface area contributed by atoms with Crippen molar-refractivity contribution in [2.75, 3.05) is 11.6 Å². The minimum absolute atomic E-state index is 0.130. The lowest BCUT2D eigenvalue weighted by Crippen LogP contribution is -2.18. The highest BCUT2D eigenvalue weighted by Crippen LogP contribution is 2.21. The number of hydrogen-bond acceptors (Lipinski definition) is 3. The van der Waals surface area contributed by atoms with Gasteiger partial charge in [0, 0.05) is 17.2 Å². The van der Waals surface area contributed by atoms with Crippen LogP contribution in [0.25, 0.3) is 0 Å². The first-order valence-corrected chi connectivity index (χ1v) is 6.78. The fourth-order valence-corrected chi connectivity index (χ4v) is 1.59. The third-order valence-corrected chi connectivity index (χ3v) is 2.92. The van der Waals surface area contributed by atoms with E-state index in [-0.39, 0.29) is 11.2 Å². The monoisotopic (exact) mass is 249 g/mol. The molecule has 0 radical (unpaired) electrons. The highest BCUT2D eigenvalue weighted by atomic mass is 32.2. The Morgan fingerprint density at radius 2 is 1.82 bits per heavy atom. The van der Waals surface area contributed by atoms with Gasteiger partial charge in [0.25, 0.3) is 0 Å². The van der Waals surface area contributed by atoms with E-state index in [0.29, 0.717) is 0 Å². The van der Waals surface area contributed by atoms with Crippen LogP contribution >= 0.6 is 11.8 Å². The quantitative estimate of drug-likeness (QED) is 0.820. The molecule has 0 saturated carbocycles. The van der Waals surface area contributed by atoms with E-state index in [1.165, 1.54) is 11.8 Å². The Hall–Kier alpha value is -1.22. The second-order valence-electron chi connectivity index (χ2n) is 4.82. The van der Waals surface area contributed by atoms with Crippen molar-refractivity contribution < 1.29 is 4.79 Å². The fraction of sp³-hybridized carbons (Fsp3) is 0.357. The fourth-order valence-electron chi connectivity index (χ4n) is 1.15. The molecule has 0 heterocycles. The number of allylic oxidation sites excluding steroid dienone is 1. The molecule has 1 aromatic rings. The maximum Gasteiger partial charge on any atom is 0.163 e. The van der Waals surface area contributed by atoms with E-state index in [0.717, 1.165) is 10.7 Å². The Morgan fingerprint density at radius 3 is 2.29 bits per heavy atom. The molecule has 0 amide bonds. The molecular weight excluding hydrogens is 230 g/mol. The molecule has 0 aliphatic rings. The first-order valence-electron chi connectivity index (χ1n) is 5.55. The van der Waals surface area contributed by atoms with Gasteiger partial charge in [-0.2, -0.15) is 0 Å². The molecule has 0 saturated heterocycles. The van der Waals surface area contributed by atoms with Gasteiger partial charge in [-0.05, 0) is 18.4 Å². The molecule has 17 heavy (non-hydrogen) atoms. The minimum atomic E-state index is -0.334. The summed E-state index contributed by atoms with van der Waals surface area (Å²) in [4.78, 5) is 11.9. The zero-order chi connectivity index (χ0) is 12.9. The Balaban J connectivity index is 2.79. The van der Waals surface area contributed by atoms with Crippen molar-refractivity contribution in [3.8, 4) is 0 Å². The number of ketones is 1. The van der Waals surface area contributed by atoms with Gasteiger partial charge in [-0.25, -0.2) is 0 Å². The standard InChI is InChI=1S/C14H19NOS/c1-14(2,3)12(16)10-13(17-4)15-11-8-6-5-7-9-11/h5-10,15H,1-4H3/b13-10+. The van der Waals surface area contributed by atoms with Gasteiger partial charge >= 0.3 is 0 Å². The van der Waals surface area contributed by atoms with Crippen molar-refractivity contribution in [2.45, 2.75) is 20.8 Å². The lowest BCUT2D eigenvalue weighted by Gasteiger charge is -2.15. The van der Waals surface area contributed by atoms with Crippen molar-refractivity contribution in [1.82, 2.24) is 0 Å². The van der Waals surface area contributed by atoms with Crippen LogP contribution in [-0.2, 0) is 4.79 Å². The number of benzene rings is 1. The maximum atomic E-state index is 11.9. The number of carbonyl (C=O) groups excluding carboxylic acids is 1. The average Bonchev–Trinajstić information content (AvgIpc) is 2.28. The number of hydrogen-bond donors (Lipinski definition) is 1. The van der Waals surface area contributed by atoms with Gasteiger partial charge in [-0.3, -0.25) is 4.79 Å². The number of rotatable bonds is 4. The summed E-state index contributed by atoms with van der Waals surface area (Å²) >= 11 is 1.54. The van der Waals surface area contributed by atoms with Gasteiger partial charge in [-0.15, -0.1) is 11.8 Å². The number of anilines is 1. The average molecular weight is 249 g/mol. The topological polar surface area (TPSA) is 29.1 Å². The van der Waals surface area contributed by atoms with Crippen LogP contribution < -0.4 is 5.32 Å². The van der Waals surface area contributed by atoms with Crippen molar-refractivity contribution in [3.05, 3.63) is 41.4 Å². The molecule has 1 N–H and O–H groups in total. The summed E-state index contributed by atoms with van der Waals surface area (Å²) in [5.41, 5.74) is 0.661. The van der Waals surface area contributed by atoms with Gasteiger partial charge in [0.2, 0.25) is 0 Å². The third kappa shape index (κ3) is 4.65. The predicted octanol–water partition coefficient (Wildman–Crippen LogP) is 3.92. The normalized spacial score (nSPS) is 12.4. The molecule has 0 aliphatic carbocycles. The zero-order valence-electron chi connectivity index (χ0n) is 10.8. The highest BCUT2D eigenvalue weighted by Gasteiger charge is 2.19. The van der Waals surface area contributed by atoms with E-state index in [1.54, 1.807) is 6.08 Å². The van der Waals surface area contributed by atoms with Crippen LogP contribution in [0, 0.1) is 5.41 Å². The summed E-state index contributed by atoms with van der Waals surface area (Å²) in [6.07, 6.45) is 3.63. The lowest BCUT2D eigenvalue weighted by molar-refractivity contribution is -0.121. The molecule has 0 bridgehead atoms. The van der Waals surface area contributed by atoms with Crippen molar-refractivity contribution >= 4 is 23.2 Å². The van der Waals surface area contributed by atoms with Crippen molar-refractivity contribution in [3.63, 3.8) is 0 Å². The van der Waals surface area contributed by atoms with Gasteiger partial charge < -0.3 is 5.32 Å². The van der Waals surface area contributed by atoms with Crippen LogP contribution in [0.1, 0.15) is 20.8 Å². The molecule has 2 nitrogen and oxygen atoms in total. The minimum Gasteiger partial charge on any atom is -0.350 e. The van der Waals surface area contributed by atoms with Gasteiger partial charge in [0.05, 0.1) is 5.03 Å². The molecular formula is C14H19NOS. The van der Waals surface area contributed by atoms with E-state index in [2.05, 4.69) is 5.32 Å². The summed E-state index contributed by atoms with van der Waals surface area (Å²) in [6.45, 7) is 5.77. The Kier molecular flexibility index (Phi) is 4.82. The second kappa shape index (κ2) is 5.92. The van der Waals surface area contributed by atoms with Crippen molar-refractivity contribution in [2.24, 2.45) is 5.41 Å². The second-order valence-corrected chi connectivity index (χ2v) is 5.67. The smallest absolute Gasteiger partial charge is 0.163 e.